The fourth-order valence-electron chi connectivity index (χ4n) is 2.23. The van der Waals surface area contributed by atoms with E-state index in [1.165, 1.54) is 18.7 Å². The number of carbonyl (C=O) groups excluding carboxylic acids is 1. The number of rotatable bonds is 3. The first-order valence-electron chi connectivity index (χ1n) is 5.97. The molecular weight excluding hydrogens is 222 g/mol. The summed E-state index contributed by atoms with van der Waals surface area (Å²) in [5, 5.41) is 18.9. The minimum Gasteiger partial charge on any atom is -0.480 e. The number of carboxylic acids is 1. The Hall–Kier alpha value is -1.10. The lowest BCUT2D eigenvalue weighted by Gasteiger charge is -2.37. The zero-order valence-corrected chi connectivity index (χ0v) is 10.6. The number of likely N-dealkylation sites (N-methyl/N-ethyl adjacent to an activating group) is 1. The Morgan fingerprint density at radius 3 is 2.24 bits per heavy atom. The molecule has 5 heteroatoms. The highest BCUT2D eigenvalue weighted by Crippen LogP contribution is 2.26. The average Bonchev–Trinajstić information content (AvgIpc) is 2.27. The number of carbonyl (C=O) groups is 2. The van der Waals surface area contributed by atoms with E-state index < -0.39 is 23.4 Å². The molecule has 5 nitrogen and oxygen atoms in total. The van der Waals surface area contributed by atoms with Gasteiger partial charge in [0.15, 0.2) is 0 Å². The number of nitrogens with zero attached hydrogens (tertiary/aromatic N) is 1. The number of aliphatic carboxylic acids is 1. The van der Waals surface area contributed by atoms with Crippen LogP contribution in [0.5, 0.6) is 0 Å². The first-order valence-corrected chi connectivity index (χ1v) is 5.97. The molecule has 2 N–H and O–H groups in total. The van der Waals surface area contributed by atoms with Gasteiger partial charge in [-0.2, -0.15) is 0 Å². The predicted octanol–water partition coefficient (Wildman–Crippen LogP) is 0.859. The minimum atomic E-state index is -1.44. The van der Waals surface area contributed by atoms with Crippen LogP contribution in [0.2, 0.25) is 0 Å². The zero-order valence-electron chi connectivity index (χ0n) is 10.6. The molecule has 1 saturated carbocycles. The Morgan fingerprint density at radius 1 is 1.24 bits per heavy atom. The van der Waals surface area contributed by atoms with Crippen LogP contribution in [0.15, 0.2) is 0 Å². The third-order valence-electron chi connectivity index (χ3n) is 3.58. The molecular formula is C12H21NO4. The molecule has 0 saturated heterocycles. The molecule has 1 aliphatic rings. The second-order valence-corrected chi connectivity index (χ2v) is 5.27. The van der Waals surface area contributed by atoms with E-state index in [4.69, 9.17) is 5.11 Å². The van der Waals surface area contributed by atoms with Gasteiger partial charge in [0, 0.05) is 7.05 Å². The summed E-state index contributed by atoms with van der Waals surface area (Å²) < 4.78 is 0. The number of carboxylic acid groups (broad SMARTS) is 1. The van der Waals surface area contributed by atoms with Gasteiger partial charge in [-0.05, 0) is 26.7 Å². The Morgan fingerprint density at radius 2 is 1.76 bits per heavy atom. The molecule has 0 heterocycles. The van der Waals surface area contributed by atoms with Crippen LogP contribution in [0.3, 0.4) is 0 Å². The number of hydrogen-bond acceptors (Lipinski definition) is 3. The largest absolute Gasteiger partial charge is 0.480 e. The monoisotopic (exact) mass is 243 g/mol. The molecule has 0 aliphatic heterocycles. The fraction of sp³-hybridized carbons (Fsp3) is 0.833. The van der Waals surface area contributed by atoms with Gasteiger partial charge in [-0.15, -0.1) is 0 Å². The average molecular weight is 243 g/mol. The quantitative estimate of drug-likeness (QED) is 0.721. The third kappa shape index (κ3) is 2.77. The van der Waals surface area contributed by atoms with Crippen LogP contribution in [-0.4, -0.2) is 46.2 Å². The summed E-state index contributed by atoms with van der Waals surface area (Å²) >= 11 is 0. The molecule has 2 unspecified atom stereocenters. The lowest BCUT2D eigenvalue weighted by molar-refractivity contribution is -0.160. The number of aliphatic hydroxyl groups is 1. The topological polar surface area (TPSA) is 77.8 Å². The number of aliphatic hydroxyl groups excluding tert-OH is 1. The highest BCUT2D eigenvalue weighted by atomic mass is 16.4. The molecule has 0 spiro atoms. The smallest absolute Gasteiger partial charge is 0.318 e. The fourth-order valence-corrected chi connectivity index (χ4v) is 2.23. The summed E-state index contributed by atoms with van der Waals surface area (Å²) in [6.07, 6.45) is 2.80. The second kappa shape index (κ2) is 5.04. The van der Waals surface area contributed by atoms with Crippen molar-refractivity contribution in [3.63, 3.8) is 0 Å². The third-order valence-corrected chi connectivity index (χ3v) is 3.58. The van der Waals surface area contributed by atoms with Gasteiger partial charge in [0.2, 0.25) is 5.91 Å². The Labute approximate surface area is 101 Å². The zero-order chi connectivity index (χ0) is 13.2. The van der Waals surface area contributed by atoms with Crippen molar-refractivity contribution < 1.29 is 19.8 Å². The maximum Gasteiger partial charge on any atom is 0.318 e. The minimum absolute atomic E-state index is 0.255. The van der Waals surface area contributed by atoms with Crippen LogP contribution in [0.25, 0.3) is 0 Å². The van der Waals surface area contributed by atoms with Gasteiger partial charge in [0.05, 0.1) is 12.1 Å². The predicted molar refractivity (Wildman–Crippen MR) is 62.4 cm³/mol. The van der Waals surface area contributed by atoms with E-state index in [9.17, 15) is 14.7 Å². The number of amides is 1. The molecule has 17 heavy (non-hydrogen) atoms. The summed E-state index contributed by atoms with van der Waals surface area (Å²) in [7, 11) is 1.58. The molecule has 0 aromatic heterocycles. The SMILES string of the molecule is CN(C(=O)C(C)(C)C(=O)O)C1CCCCC1O. The van der Waals surface area contributed by atoms with Crippen molar-refractivity contribution in [1.82, 2.24) is 4.90 Å². The van der Waals surface area contributed by atoms with Crippen molar-refractivity contribution in [3.8, 4) is 0 Å². The van der Waals surface area contributed by atoms with Crippen molar-refractivity contribution in [1.29, 1.82) is 0 Å². The van der Waals surface area contributed by atoms with Gasteiger partial charge in [0.1, 0.15) is 5.41 Å². The van der Waals surface area contributed by atoms with Crippen molar-refractivity contribution in [2.45, 2.75) is 51.7 Å². The molecule has 0 aromatic carbocycles. The van der Waals surface area contributed by atoms with Gasteiger partial charge in [-0.3, -0.25) is 9.59 Å². The van der Waals surface area contributed by atoms with Gasteiger partial charge in [0.25, 0.3) is 0 Å². The lowest BCUT2D eigenvalue weighted by Crippen LogP contribution is -2.52. The van der Waals surface area contributed by atoms with Crippen molar-refractivity contribution in [2.75, 3.05) is 7.05 Å². The summed E-state index contributed by atoms with van der Waals surface area (Å²) in [6, 6.07) is -0.255. The summed E-state index contributed by atoms with van der Waals surface area (Å²) in [5.41, 5.74) is -1.44. The van der Waals surface area contributed by atoms with E-state index in [1.807, 2.05) is 0 Å². The second-order valence-electron chi connectivity index (χ2n) is 5.27. The molecule has 0 radical (unpaired) electrons. The van der Waals surface area contributed by atoms with E-state index in [0.29, 0.717) is 6.42 Å². The van der Waals surface area contributed by atoms with E-state index in [1.54, 1.807) is 7.05 Å². The van der Waals surface area contributed by atoms with E-state index in [2.05, 4.69) is 0 Å². The molecule has 1 aliphatic carbocycles. The van der Waals surface area contributed by atoms with E-state index in [0.717, 1.165) is 19.3 Å². The van der Waals surface area contributed by atoms with Gasteiger partial charge in [-0.25, -0.2) is 0 Å². The van der Waals surface area contributed by atoms with Gasteiger partial charge in [-0.1, -0.05) is 12.8 Å². The van der Waals surface area contributed by atoms with Crippen molar-refractivity contribution >= 4 is 11.9 Å². The molecule has 1 fully saturated rings. The summed E-state index contributed by atoms with van der Waals surface area (Å²) in [6.45, 7) is 2.78. The van der Waals surface area contributed by atoms with Crippen LogP contribution in [0.4, 0.5) is 0 Å². The van der Waals surface area contributed by atoms with E-state index in [-0.39, 0.29) is 6.04 Å². The van der Waals surface area contributed by atoms with Gasteiger partial charge < -0.3 is 15.1 Å². The standard InChI is InChI=1S/C12H21NO4/c1-12(2,11(16)17)10(15)13(3)8-6-4-5-7-9(8)14/h8-9,14H,4-7H2,1-3H3,(H,16,17). The van der Waals surface area contributed by atoms with Crippen LogP contribution >= 0.6 is 0 Å². The van der Waals surface area contributed by atoms with Crippen LogP contribution in [-0.2, 0) is 9.59 Å². The molecule has 98 valence electrons. The molecule has 0 aromatic rings. The highest BCUT2D eigenvalue weighted by molar-refractivity contribution is 6.01. The van der Waals surface area contributed by atoms with Crippen LogP contribution in [0.1, 0.15) is 39.5 Å². The molecule has 2 atom stereocenters. The van der Waals surface area contributed by atoms with Crippen molar-refractivity contribution in [2.24, 2.45) is 5.41 Å². The van der Waals surface area contributed by atoms with Crippen molar-refractivity contribution in [3.05, 3.63) is 0 Å². The molecule has 1 amide bonds. The van der Waals surface area contributed by atoms with Gasteiger partial charge >= 0.3 is 5.97 Å². The number of hydrogen-bond donors (Lipinski definition) is 2. The highest BCUT2D eigenvalue weighted by Gasteiger charge is 2.41. The summed E-state index contributed by atoms with van der Waals surface area (Å²) in [4.78, 5) is 24.5. The Balaban J connectivity index is 2.78. The van der Waals surface area contributed by atoms with Crippen LogP contribution in [0, 0.1) is 5.41 Å². The first-order chi connectivity index (χ1) is 7.78. The molecule has 1 rings (SSSR count). The lowest BCUT2D eigenvalue weighted by atomic mass is 9.87. The Bertz CT molecular complexity index is 314. The first kappa shape index (κ1) is 14.0. The maximum absolute atomic E-state index is 12.1. The Kier molecular flexibility index (Phi) is 4.14. The normalized spacial score (nSPS) is 25.4. The van der Waals surface area contributed by atoms with E-state index >= 15 is 0 Å². The molecule has 0 bridgehead atoms. The maximum atomic E-state index is 12.1. The van der Waals surface area contributed by atoms with Crippen LogP contribution < -0.4 is 0 Å². The summed E-state index contributed by atoms with van der Waals surface area (Å²) in [5.74, 6) is -1.59.